The maximum Gasteiger partial charge on any atom is 0.251 e. The van der Waals surface area contributed by atoms with Gasteiger partial charge in [-0.2, -0.15) is 0 Å². The lowest BCUT2D eigenvalue weighted by atomic mass is 9.96. The van der Waals surface area contributed by atoms with E-state index in [9.17, 15) is 4.79 Å². The number of fused-ring (bicyclic) bond motifs is 1. The second-order valence-electron chi connectivity index (χ2n) is 9.62. The standard InChI is InChI=1S/C31H37N5O/c1-5-36(6-2)18-15-33-31(37)26-8-7-22(3)24(19-26)9-10-27-21-34-30(32)29-20-25(11-12-28(27)29)23-13-16-35(4)17-14-23/h7-8,11-13,19-21H,5-6,14-18H2,1-4H3,(H2,32,34)(H,33,37). The highest BCUT2D eigenvalue weighted by atomic mass is 16.1. The average Bonchev–Trinajstić information content (AvgIpc) is 2.92. The van der Waals surface area contributed by atoms with Crippen molar-refractivity contribution in [1.29, 1.82) is 0 Å². The normalized spacial score (nSPS) is 13.8. The largest absolute Gasteiger partial charge is 0.383 e. The molecule has 4 rings (SSSR count). The van der Waals surface area contributed by atoms with E-state index in [1.165, 1.54) is 11.1 Å². The number of nitrogens with one attached hydrogen (secondary N) is 1. The molecule has 2 aromatic carbocycles. The van der Waals surface area contributed by atoms with Crippen LogP contribution in [0, 0.1) is 18.8 Å². The molecule has 0 radical (unpaired) electrons. The quantitative estimate of drug-likeness (QED) is 0.478. The number of nitrogens with zero attached hydrogens (tertiary/aromatic N) is 3. The molecule has 3 aromatic rings. The first-order valence-corrected chi connectivity index (χ1v) is 13.1. The van der Waals surface area contributed by atoms with Crippen molar-refractivity contribution in [2.75, 3.05) is 52.0 Å². The predicted octanol–water partition coefficient (Wildman–Crippen LogP) is 4.32. The van der Waals surface area contributed by atoms with E-state index < -0.39 is 0 Å². The fourth-order valence-electron chi connectivity index (χ4n) is 4.60. The molecule has 0 fully saturated rings. The van der Waals surface area contributed by atoms with Gasteiger partial charge in [0.15, 0.2) is 0 Å². The number of likely N-dealkylation sites (N-methyl/N-ethyl adjacent to an activating group) is 2. The number of benzene rings is 2. The van der Waals surface area contributed by atoms with Crippen molar-refractivity contribution in [3.63, 3.8) is 0 Å². The lowest BCUT2D eigenvalue weighted by molar-refractivity contribution is 0.0949. The zero-order valence-corrected chi connectivity index (χ0v) is 22.4. The molecule has 6 nitrogen and oxygen atoms in total. The highest BCUT2D eigenvalue weighted by molar-refractivity contribution is 5.97. The number of hydrogen-bond acceptors (Lipinski definition) is 5. The van der Waals surface area contributed by atoms with Gasteiger partial charge < -0.3 is 20.9 Å². The summed E-state index contributed by atoms with van der Waals surface area (Å²) in [6.07, 6.45) is 5.04. The van der Waals surface area contributed by atoms with Crippen molar-refractivity contribution >= 4 is 28.1 Å². The Labute approximate surface area is 220 Å². The van der Waals surface area contributed by atoms with E-state index in [4.69, 9.17) is 5.73 Å². The van der Waals surface area contributed by atoms with Gasteiger partial charge in [-0.15, -0.1) is 0 Å². The number of hydrogen-bond donors (Lipinski definition) is 2. The van der Waals surface area contributed by atoms with Crippen molar-refractivity contribution in [3.8, 4) is 11.8 Å². The minimum atomic E-state index is -0.0782. The van der Waals surface area contributed by atoms with Gasteiger partial charge in [0.1, 0.15) is 5.82 Å². The minimum absolute atomic E-state index is 0.0782. The third-order valence-electron chi connectivity index (χ3n) is 7.14. The fraction of sp³-hybridized carbons (Fsp3) is 0.355. The Morgan fingerprint density at radius 1 is 1.11 bits per heavy atom. The van der Waals surface area contributed by atoms with Crippen LogP contribution in [0.25, 0.3) is 16.3 Å². The highest BCUT2D eigenvalue weighted by Crippen LogP contribution is 2.29. The van der Waals surface area contributed by atoms with Gasteiger partial charge in [-0.3, -0.25) is 4.79 Å². The summed E-state index contributed by atoms with van der Waals surface area (Å²) in [7, 11) is 2.14. The summed E-state index contributed by atoms with van der Waals surface area (Å²) in [6, 6.07) is 12.1. The summed E-state index contributed by atoms with van der Waals surface area (Å²) in [5.74, 6) is 7.00. The number of anilines is 1. The molecule has 2 heterocycles. The van der Waals surface area contributed by atoms with Gasteiger partial charge in [-0.25, -0.2) is 4.98 Å². The smallest absolute Gasteiger partial charge is 0.251 e. The van der Waals surface area contributed by atoms with Crippen molar-refractivity contribution < 1.29 is 4.79 Å². The van der Waals surface area contributed by atoms with Gasteiger partial charge in [-0.05, 0) is 68.4 Å². The van der Waals surface area contributed by atoms with Crippen LogP contribution in [0.5, 0.6) is 0 Å². The molecule has 0 spiro atoms. The Morgan fingerprint density at radius 2 is 1.89 bits per heavy atom. The first-order valence-electron chi connectivity index (χ1n) is 13.1. The van der Waals surface area contributed by atoms with E-state index in [1.807, 2.05) is 25.1 Å². The van der Waals surface area contributed by atoms with E-state index in [0.29, 0.717) is 17.9 Å². The Kier molecular flexibility index (Phi) is 8.60. The maximum absolute atomic E-state index is 12.7. The average molecular weight is 496 g/mol. The van der Waals surface area contributed by atoms with Crippen LogP contribution in [0.3, 0.4) is 0 Å². The molecule has 0 atom stereocenters. The molecule has 1 aliphatic heterocycles. The summed E-state index contributed by atoms with van der Waals surface area (Å²) >= 11 is 0. The Balaban J connectivity index is 1.57. The van der Waals surface area contributed by atoms with E-state index >= 15 is 0 Å². The monoisotopic (exact) mass is 495 g/mol. The maximum atomic E-state index is 12.7. The highest BCUT2D eigenvalue weighted by Gasteiger charge is 2.12. The number of carbonyl (C=O) groups excluding carboxylic acids is 1. The lowest BCUT2D eigenvalue weighted by Crippen LogP contribution is -2.34. The number of amides is 1. The Hall–Kier alpha value is -3.66. The van der Waals surface area contributed by atoms with E-state index in [1.54, 1.807) is 6.20 Å². The molecule has 0 aliphatic carbocycles. The van der Waals surface area contributed by atoms with Gasteiger partial charge in [-0.1, -0.05) is 50.0 Å². The van der Waals surface area contributed by atoms with Gasteiger partial charge in [0.05, 0.1) is 5.56 Å². The molecule has 192 valence electrons. The SMILES string of the molecule is CCN(CC)CCNC(=O)c1ccc(C)c(C#Cc2cnc(N)c3cc(C4=CCN(C)CC4)ccc23)c1. The Morgan fingerprint density at radius 3 is 2.62 bits per heavy atom. The molecular weight excluding hydrogens is 458 g/mol. The fourth-order valence-corrected chi connectivity index (χ4v) is 4.60. The molecule has 3 N–H and O–H groups in total. The van der Waals surface area contributed by atoms with Crippen LogP contribution in [-0.4, -0.2) is 67.0 Å². The third-order valence-corrected chi connectivity index (χ3v) is 7.14. The van der Waals surface area contributed by atoms with Crippen LogP contribution in [0.1, 0.15) is 52.9 Å². The molecule has 6 heteroatoms. The van der Waals surface area contributed by atoms with E-state index in [2.05, 4.69) is 77.1 Å². The van der Waals surface area contributed by atoms with Crippen LogP contribution in [0.4, 0.5) is 5.82 Å². The molecule has 37 heavy (non-hydrogen) atoms. The van der Waals surface area contributed by atoms with Crippen LogP contribution in [0.15, 0.2) is 48.7 Å². The number of nitrogen functional groups attached to an aromatic ring is 1. The number of rotatable bonds is 7. The molecule has 0 unspecified atom stereocenters. The summed E-state index contributed by atoms with van der Waals surface area (Å²) in [5.41, 5.74) is 12.1. The molecule has 0 saturated heterocycles. The number of aromatic nitrogens is 1. The molecule has 0 saturated carbocycles. The van der Waals surface area contributed by atoms with Crippen molar-refractivity contribution in [2.45, 2.75) is 27.2 Å². The van der Waals surface area contributed by atoms with E-state index in [0.717, 1.165) is 66.6 Å². The summed E-state index contributed by atoms with van der Waals surface area (Å²) in [5, 5.41) is 4.93. The van der Waals surface area contributed by atoms with Crippen molar-refractivity contribution in [1.82, 2.24) is 20.1 Å². The van der Waals surface area contributed by atoms with Gasteiger partial charge >= 0.3 is 0 Å². The number of aryl methyl sites for hydroxylation is 1. The van der Waals surface area contributed by atoms with Crippen molar-refractivity contribution in [3.05, 3.63) is 76.5 Å². The zero-order chi connectivity index (χ0) is 26.4. The summed E-state index contributed by atoms with van der Waals surface area (Å²) < 4.78 is 0. The second kappa shape index (κ2) is 12.1. The van der Waals surface area contributed by atoms with Gasteiger partial charge in [0.25, 0.3) is 5.91 Å². The van der Waals surface area contributed by atoms with E-state index in [-0.39, 0.29) is 5.91 Å². The molecule has 1 aliphatic rings. The topological polar surface area (TPSA) is 74.5 Å². The molecule has 1 amide bonds. The lowest BCUT2D eigenvalue weighted by Gasteiger charge is -2.22. The Bertz CT molecular complexity index is 1380. The number of pyridine rings is 1. The summed E-state index contributed by atoms with van der Waals surface area (Å²) in [6.45, 7) is 11.7. The summed E-state index contributed by atoms with van der Waals surface area (Å²) in [4.78, 5) is 21.7. The molecule has 0 bridgehead atoms. The third kappa shape index (κ3) is 6.37. The van der Waals surface area contributed by atoms with Crippen LogP contribution in [0.2, 0.25) is 0 Å². The minimum Gasteiger partial charge on any atom is -0.383 e. The zero-order valence-electron chi connectivity index (χ0n) is 22.4. The van der Waals surface area contributed by atoms with Crippen LogP contribution < -0.4 is 11.1 Å². The molecule has 1 aromatic heterocycles. The molecular formula is C31H37N5O. The van der Waals surface area contributed by atoms with Crippen LogP contribution in [-0.2, 0) is 0 Å². The van der Waals surface area contributed by atoms with Gasteiger partial charge in [0.2, 0.25) is 0 Å². The second-order valence-corrected chi connectivity index (χ2v) is 9.62. The number of carbonyl (C=O) groups is 1. The first kappa shape index (κ1) is 26.4. The van der Waals surface area contributed by atoms with Gasteiger partial charge in [0, 0.05) is 54.3 Å². The van der Waals surface area contributed by atoms with Crippen molar-refractivity contribution in [2.24, 2.45) is 0 Å². The predicted molar refractivity (Wildman–Crippen MR) is 154 cm³/mol. The van der Waals surface area contributed by atoms with Crippen LogP contribution >= 0.6 is 0 Å². The number of nitrogens with two attached hydrogens (primary N) is 1. The first-order chi connectivity index (χ1) is 17.9.